The van der Waals surface area contributed by atoms with Crippen molar-refractivity contribution in [3.05, 3.63) is 59.3 Å². The summed E-state index contributed by atoms with van der Waals surface area (Å²) in [6, 6.07) is 5.96. The number of aliphatic imine (C=N–C) groups is 1. The summed E-state index contributed by atoms with van der Waals surface area (Å²) in [7, 11) is 0. The molecule has 0 spiro atoms. The second-order valence-corrected chi connectivity index (χ2v) is 5.72. The highest BCUT2D eigenvalue weighted by Crippen LogP contribution is 2.23. The number of aryl methyl sites for hydroxylation is 2. The molecule has 23 heavy (non-hydrogen) atoms. The maximum absolute atomic E-state index is 12.3. The van der Waals surface area contributed by atoms with E-state index >= 15 is 0 Å². The number of rotatable bonds is 7. The van der Waals surface area contributed by atoms with Gasteiger partial charge in [0.05, 0.1) is 0 Å². The predicted molar refractivity (Wildman–Crippen MR) is 94.1 cm³/mol. The topological polar surface area (TPSA) is 46.5 Å². The Morgan fingerprint density at radius 2 is 1.91 bits per heavy atom. The number of carbonyl (C=O) groups excluding carboxylic acids is 2. The van der Waals surface area contributed by atoms with Gasteiger partial charge in [0.1, 0.15) is 5.70 Å². The van der Waals surface area contributed by atoms with Crippen molar-refractivity contribution in [1.29, 1.82) is 0 Å². The lowest BCUT2D eigenvalue weighted by Gasteiger charge is -2.16. The number of carbonyl (C=O) groups is 2. The summed E-state index contributed by atoms with van der Waals surface area (Å²) < 4.78 is 0. The first kappa shape index (κ1) is 17.1. The van der Waals surface area contributed by atoms with Crippen molar-refractivity contribution in [2.24, 2.45) is 4.99 Å². The summed E-state index contributed by atoms with van der Waals surface area (Å²) in [5.41, 5.74) is 3.75. The fourth-order valence-corrected chi connectivity index (χ4v) is 2.85. The van der Waals surface area contributed by atoms with Crippen LogP contribution >= 0.6 is 0 Å². The van der Waals surface area contributed by atoms with Gasteiger partial charge in [0, 0.05) is 24.6 Å². The minimum atomic E-state index is -0.114. The molecule has 0 N–H and O–H groups in total. The molecule has 3 nitrogen and oxygen atoms in total. The summed E-state index contributed by atoms with van der Waals surface area (Å²) in [4.78, 5) is 28.4. The average molecular weight is 309 g/mol. The molecule has 0 saturated heterocycles. The molecular weight excluding hydrogens is 286 g/mol. The van der Waals surface area contributed by atoms with Crippen molar-refractivity contribution >= 4 is 17.8 Å². The van der Waals surface area contributed by atoms with E-state index in [1.807, 2.05) is 12.1 Å². The molecule has 1 aliphatic carbocycles. The first-order chi connectivity index (χ1) is 11.2. The van der Waals surface area contributed by atoms with Gasteiger partial charge in [-0.15, -0.1) is 0 Å². The monoisotopic (exact) mass is 309 g/mol. The van der Waals surface area contributed by atoms with Gasteiger partial charge in [-0.05, 0) is 49.8 Å². The molecule has 0 aromatic heterocycles. The van der Waals surface area contributed by atoms with Crippen LogP contribution in [0.25, 0.3) is 0 Å². The Morgan fingerprint density at radius 3 is 2.61 bits per heavy atom. The van der Waals surface area contributed by atoms with Gasteiger partial charge in [0.15, 0.2) is 11.6 Å². The fourth-order valence-electron chi connectivity index (χ4n) is 2.85. The molecule has 0 fully saturated rings. The van der Waals surface area contributed by atoms with Crippen LogP contribution in [0.1, 0.15) is 54.1 Å². The van der Waals surface area contributed by atoms with Gasteiger partial charge in [0.25, 0.3) is 0 Å². The van der Waals surface area contributed by atoms with Gasteiger partial charge in [-0.25, -0.2) is 0 Å². The second kappa shape index (κ2) is 8.37. The molecule has 0 aliphatic heterocycles. The highest BCUT2D eigenvalue weighted by Gasteiger charge is 2.15. The predicted octanol–water partition coefficient (Wildman–Crippen LogP) is 4.26. The largest absolute Gasteiger partial charge is 0.294 e. The molecule has 0 heterocycles. The molecular formula is C20H23NO2. The van der Waals surface area contributed by atoms with E-state index < -0.39 is 0 Å². The summed E-state index contributed by atoms with van der Waals surface area (Å²) in [5.74, 6) is -0.0909. The highest BCUT2D eigenvalue weighted by atomic mass is 16.1. The van der Waals surface area contributed by atoms with Crippen LogP contribution in [0.5, 0.6) is 0 Å². The van der Waals surface area contributed by atoms with E-state index in [1.165, 1.54) is 36.3 Å². The minimum Gasteiger partial charge on any atom is -0.294 e. The van der Waals surface area contributed by atoms with Crippen molar-refractivity contribution in [2.75, 3.05) is 0 Å². The average Bonchev–Trinajstić information content (AvgIpc) is 2.59. The van der Waals surface area contributed by atoms with Crippen molar-refractivity contribution in [2.45, 2.75) is 45.4 Å². The normalized spacial score (nSPS) is 14.6. The molecule has 2 rings (SSSR count). The zero-order valence-electron chi connectivity index (χ0n) is 13.7. The van der Waals surface area contributed by atoms with Gasteiger partial charge < -0.3 is 0 Å². The SMILES string of the molecule is C=CC=N/C(=C\C)C(=O)CCC(=O)c1ccc2c(c1)CCCC2. The molecule has 1 aromatic rings. The first-order valence-corrected chi connectivity index (χ1v) is 8.15. The summed E-state index contributed by atoms with van der Waals surface area (Å²) >= 11 is 0. The van der Waals surface area contributed by atoms with Gasteiger partial charge in [-0.3, -0.25) is 14.6 Å². The molecule has 0 bridgehead atoms. The van der Waals surface area contributed by atoms with E-state index in [4.69, 9.17) is 0 Å². The second-order valence-electron chi connectivity index (χ2n) is 5.72. The van der Waals surface area contributed by atoms with E-state index in [0.29, 0.717) is 5.70 Å². The minimum absolute atomic E-state index is 0.0230. The van der Waals surface area contributed by atoms with Crippen LogP contribution in [0.15, 0.2) is 47.6 Å². The van der Waals surface area contributed by atoms with E-state index in [2.05, 4.69) is 17.6 Å². The quantitative estimate of drug-likeness (QED) is 0.429. The molecule has 1 aromatic carbocycles. The third kappa shape index (κ3) is 4.59. The van der Waals surface area contributed by atoms with E-state index in [0.717, 1.165) is 18.4 Å². The number of Topliss-reactive ketones (excluding diaryl/α,β-unsaturated/α-hetero) is 2. The van der Waals surface area contributed by atoms with Crippen molar-refractivity contribution < 1.29 is 9.59 Å². The number of nitrogens with zero attached hydrogens (tertiary/aromatic N) is 1. The number of hydrogen-bond acceptors (Lipinski definition) is 3. The number of ketones is 2. The first-order valence-electron chi connectivity index (χ1n) is 8.15. The molecule has 0 atom stereocenters. The molecule has 3 heteroatoms. The Hall–Kier alpha value is -2.29. The third-order valence-electron chi connectivity index (χ3n) is 4.13. The Morgan fingerprint density at radius 1 is 1.17 bits per heavy atom. The Bertz CT molecular complexity index is 668. The highest BCUT2D eigenvalue weighted by molar-refractivity contribution is 6.02. The van der Waals surface area contributed by atoms with Crippen molar-refractivity contribution in [3.63, 3.8) is 0 Å². The number of fused-ring (bicyclic) bond motifs is 1. The number of benzene rings is 1. The Balaban J connectivity index is 1.98. The van der Waals surface area contributed by atoms with Crippen LogP contribution in [-0.4, -0.2) is 17.8 Å². The van der Waals surface area contributed by atoms with Crippen LogP contribution < -0.4 is 0 Å². The lowest BCUT2D eigenvalue weighted by atomic mass is 9.89. The smallest absolute Gasteiger partial charge is 0.181 e. The van der Waals surface area contributed by atoms with Crippen LogP contribution in [0.3, 0.4) is 0 Å². The van der Waals surface area contributed by atoms with Crippen LogP contribution in [0, 0.1) is 0 Å². The number of allylic oxidation sites excluding steroid dienone is 3. The molecule has 0 saturated carbocycles. The molecule has 0 amide bonds. The van der Waals surface area contributed by atoms with Gasteiger partial charge in [-0.1, -0.05) is 30.9 Å². The molecule has 0 radical (unpaired) electrons. The lowest BCUT2D eigenvalue weighted by molar-refractivity contribution is -0.115. The van der Waals surface area contributed by atoms with Crippen molar-refractivity contribution in [3.8, 4) is 0 Å². The standard InChI is InChI=1S/C20H23NO2/c1-3-13-21-18(4-2)20(23)12-11-19(22)17-10-9-15-7-5-6-8-16(15)14-17/h3-4,9-10,13-14H,1,5-8,11-12H2,2H3/b18-4-,21-13?. The maximum atomic E-state index is 12.3. The zero-order chi connectivity index (χ0) is 16.7. The van der Waals surface area contributed by atoms with Gasteiger partial charge >= 0.3 is 0 Å². The summed E-state index contributed by atoms with van der Waals surface area (Å²) in [6.07, 6.45) is 9.64. The van der Waals surface area contributed by atoms with Crippen molar-refractivity contribution in [1.82, 2.24) is 0 Å². The van der Waals surface area contributed by atoms with Crippen LogP contribution in [0.2, 0.25) is 0 Å². The third-order valence-corrected chi connectivity index (χ3v) is 4.13. The zero-order valence-corrected chi connectivity index (χ0v) is 13.7. The van der Waals surface area contributed by atoms with Gasteiger partial charge in [0.2, 0.25) is 0 Å². The summed E-state index contributed by atoms with van der Waals surface area (Å²) in [6.45, 7) is 5.30. The van der Waals surface area contributed by atoms with E-state index in [9.17, 15) is 9.59 Å². The summed E-state index contributed by atoms with van der Waals surface area (Å²) in [5, 5.41) is 0. The van der Waals surface area contributed by atoms with E-state index in [-0.39, 0.29) is 24.4 Å². The maximum Gasteiger partial charge on any atom is 0.181 e. The van der Waals surface area contributed by atoms with Crippen LogP contribution in [-0.2, 0) is 17.6 Å². The Kier molecular flexibility index (Phi) is 6.21. The van der Waals surface area contributed by atoms with E-state index in [1.54, 1.807) is 13.0 Å². The lowest BCUT2D eigenvalue weighted by Crippen LogP contribution is -2.09. The Labute approximate surface area is 137 Å². The molecule has 120 valence electrons. The molecule has 1 aliphatic rings. The number of hydrogen-bond donors (Lipinski definition) is 0. The fraction of sp³-hybridized carbons (Fsp3) is 0.350. The molecule has 0 unspecified atom stereocenters. The van der Waals surface area contributed by atoms with Crippen LogP contribution in [0.4, 0.5) is 0 Å². The van der Waals surface area contributed by atoms with Gasteiger partial charge in [-0.2, -0.15) is 0 Å².